The van der Waals surface area contributed by atoms with Crippen molar-refractivity contribution in [2.24, 2.45) is 0 Å². The van der Waals surface area contributed by atoms with Crippen LogP contribution in [0.4, 0.5) is 0 Å². The molecule has 38 heavy (non-hydrogen) atoms. The molecule has 2 aliphatic heterocycles. The Morgan fingerprint density at radius 1 is 0.474 bits per heavy atom. The maximum atomic E-state index is 13.7. The van der Waals surface area contributed by atoms with E-state index >= 15 is 0 Å². The molecule has 4 amide bonds. The second-order valence-electron chi connectivity index (χ2n) is 9.49. The zero-order chi connectivity index (χ0) is 26.9. The van der Waals surface area contributed by atoms with Crippen LogP contribution in [0.5, 0.6) is 0 Å². The first kappa shape index (κ1) is 24.7. The molecule has 2 heterocycles. The Labute approximate surface area is 235 Å². The Morgan fingerprint density at radius 2 is 0.737 bits per heavy atom. The zero-order valence-corrected chi connectivity index (χ0v) is 23.5. The van der Waals surface area contributed by atoms with Gasteiger partial charge in [-0.1, -0.05) is 56.1 Å². The van der Waals surface area contributed by atoms with Gasteiger partial charge in [0.2, 0.25) is 0 Å². The molecule has 0 fully saturated rings. The predicted octanol–water partition coefficient (Wildman–Crippen LogP) is 7.08. The molecule has 0 radical (unpaired) electrons. The van der Waals surface area contributed by atoms with Gasteiger partial charge < -0.3 is 0 Å². The van der Waals surface area contributed by atoms with Crippen molar-refractivity contribution in [3.8, 4) is 0 Å². The third-order valence-corrected chi connectivity index (χ3v) is 8.49. The Morgan fingerprint density at radius 3 is 1.00 bits per heavy atom. The van der Waals surface area contributed by atoms with Crippen LogP contribution in [0.3, 0.4) is 0 Å². The van der Waals surface area contributed by atoms with Gasteiger partial charge in [0.15, 0.2) is 0 Å². The largest absolute Gasteiger partial charge is 0.269 e. The van der Waals surface area contributed by atoms with Crippen molar-refractivity contribution in [1.29, 1.82) is 0 Å². The highest BCUT2D eigenvalue weighted by Gasteiger charge is 2.42. The van der Waals surface area contributed by atoms with Crippen LogP contribution in [0, 0.1) is 0 Å². The lowest BCUT2D eigenvalue weighted by atomic mass is 9.84. The standard InChI is InChI=1S/C30H20Br2N2O4/c1-15(17-3-7-19(31)8-4-17)33-27(35)21-11-13-23-26-24(14-12-22(25(21)26)28(33)36)30(38)34(29(23)37)16(2)18-5-9-20(32)10-6-18/h3-16H,1-2H3. The summed E-state index contributed by atoms with van der Waals surface area (Å²) in [7, 11) is 0. The summed E-state index contributed by atoms with van der Waals surface area (Å²) in [5.74, 6) is -1.81. The maximum Gasteiger partial charge on any atom is 0.261 e. The average Bonchev–Trinajstić information content (AvgIpc) is 2.91. The lowest BCUT2D eigenvalue weighted by Gasteiger charge is -2.36. The molecule has 2 unspecified atom stereocenters. The van der Waals surface area contributed by atoms with Gasteiger partial charge in [-0.05, 0) is 73.5 Å². The van der Waals surface area contributed by atoms with Gasteiger partial charge in [0.05, 0.1) is 12.1 Å². The number of hydrogen-bond acceptors (Lipinski definition) is 4. The van der Waals surface area contributed by atoms with Crippen molar-refractivity contribution in [2.75, 3.05) is 0 Å². The summed E-state index contributed by atoms with van der Waals surface area (Å²) in [6.07, 6.45) is 0. The van der Waals surface area contributed by atoms with Crippen molar-refractivity contribution >= 4 is 66.3 Å². The van der Waals surface area contributed by atoms with Crippen LogP contribution in [-0.4, -0.2) is 33.4 Å². The topological polar surface area (TPSA) is 74.8 Å². The molecule has 0 bridgehead atoms. The summed E-state index contributed by atoms with van der Waals surface area (Å²) in [4.78, 5) is 57.2. The van der Waals surface area contributed by atoms with E-state index in [9.17, 15) is 19.2 Å². The second-order valence-corrected chi connectivity index (χ2v) is 11.3. The fourth-order valence-electron chi connectivity index (χ4n) is 5.40. The lowest BCUT2D eigenvalue weighted by Crippen LogP contribution is -2.44. The highest BCUT2D eigenvalue weighted by Crippen LogP contribution is 2.41. The smallest absolute Gasteiger partial charge is 0.261 e. The third-order valence-electron chi connectivity index (χ3n) is 7.44. The minimum atomic E-state index is -0.510. The monoisotopic (exact) mass is 630 g/mol. The number of hydrogen-bond donors (Lipinski definition) is 0. The fourth-order valence-corrected chi connectivity index (χ4v) is 5.92. The van der Waals surface area contributed by atoms with Crippen molar-refractivity contribution in [3.05, 3.63) is 115 Å². The van der Waals surface area contributed by atoms with E-state index in [0.717, 1.165) is 20.1 Å². The first-order valence-electron chi connectivity index (χ1n) is 12.1. The third kappa shape index (κ3) is 3.58. The van der Waals surface area contributed by atoms with Crippen molar-refractivity contribution < 1.29 is 19.2 Å². The number of halogens is 2. The summed E-state index contributed by atoms with van der Waals surface area (Å²) in [6.45, 7) is 3.61. The highest BCUT2D eigenvalue weighted by molar-refractivity contribution is 9.10. The van der Waals surface area contributed by atoms with Gasteiger partial charge in [-0.2, -0.15) is 0 Å². The Kier molecular flexibility index (Phi) is 5.85. The number of benzene rings is 4. The van der Waals surface area contributed by atoms with E-state index in [1.807, 2.05) is 62.4 Å². The molecule has 4 aromatic carbocycles. The predicted molar refractivity (Wildman–Crippen MR) is 150 cm³/mol. The van der Waals surface area contributed by atoms with Crippen LogP contribution < -0.4 is 0 Å². The first-order chi connectivity index (χ1) is 18.2. The van der Waals surface area contributed by atoms with E-state index in [0.29, 0.717) is 33.0 Å². The first-order valence-corrected chi connectivity index (χ1v) is 13.6. The molecule has 6 rings (SSSR count). The Bertz CT molecular complexity index is 1500. The van der Waals surface area contributed by atoms with Gasteiger partial charge in [0.1, 0.15) is 0 Å². The molecule has 0 N–H and O–H groups in total. The van der Waals surface area contributed by atoms with Crippen LogP contribution in [0.1, 0.15) is 78.5 Å². The molecular formula is C30H20Br2N2O4. The summed E-state index contributed by atoms with van der Waals surface area (Å²) < 4.78 is 1.79. The van der Waals surface area contributed by atoms with Crippen molar-refractivity contribution in [1.82, 2.24) is 9.80 Å². The van der Waals surface area contributed by atoms with Crippen LogP contribution in [0.2, 0.25) is 0 Å². The van der Waals surface area contributed by atoms with Crippen LogP contribution in [0.15, 0.2) is 81.7 Å². The van der Waals surface area contributed by atoms with Gasteiger partial charge in [-0.25, -0.2) is 0 Å². The molecule has 6 nitrogen and oxygen atoms in total. The van der Waals surface area contributed by atoms with E-state index in [2.05, 4.69) is 31.9 Å². The van der Waals surface area contributed by atoms with Gasteiger partial charge in [-0.3, -0.25) is 29.0 Å². The minimum Gasteiger partial charge on any atom is -0.269 e. The molecule has 4 aromatic rings. The normalized spacial score (nSPS) is 16.3. The molecule has 2 atom stereocenters. The number of amides is 4. The maximum absolute atomic E-state index is 13.7. The van der Waals surface area contributed by atoms with E-state index in [1.54, 1.807) is 24.3 Å². The Balaban J connectivity index is 1.46. The summed E-state index contributed by atoms with van der Waals surface area (Å²) in [5.41, 5.74) is 2.84. The Hall–Kier alpha value is -3.62. The van der Waals surface area contributed by atoms with E-state index < -0.39 is 35.7 Å². The van der Waals surface area contributed by atoms with Crippen molar-refractivity contribution in [3.63, 3.8) is 0 Å². The number of carbonyl (C=O) groups excluding carboxylic acids is 4. The van der Waals surface area contributed by atoms with Gasteiger partial charge >= 0.3 is 0 Å². The van der Waals surface area contributed by atoms with E-state index in [1.165, 1.54) is 9.80 Å². The average molecular weight is 632 g/mol. The highest BCUT2D eigenvalue weighted by atomic mass is 79.9. The number of carbonyl (C=O) groups is 4. The SMILES string of the molecule is CC(c1ccc(Br)cc1)N1C(=O)c2ccc3c4c(ccc(c24)C1=O)C(=O)N(C(C)c1ccc(Br)cc1)C3=O. The quantitative estimate of drug-likeness (QED) is 0.226. The molecule has 0 aromatic heterocycles. The van der Waals surface area contributed by atoms with Crippen LogP contribution >= 0.6 is 31.9 Å². The molecule has 0 saturated heterocycles. The molecular weight excluding hydrogens is 612 g/mol. The van der Waals surface area contributed by atoms with E-state index in [-0.39, 0.29) is 0 Å². The second kappa shape index (κ2) is 8.99. The minimum absolute atomic E-state index is 0.305. The van der Waals surface area contributed by atoms with Gasteiger partial charge in [0, 0.05) is 42.0 Å². The van der Waals surface area contributed by atoms with Gasteiger partial charge in [0.25, 0.3) is 23.6 Å². The molecule has 0 saturated carbocycles. The molecule has 188 valence electrons. The summed E-state index contributed by atoms with van der Waals surface area (Å²) >= 11 is 6.82. The van der Waals surface area contributed by atoms with Crippen LogP contribution in [-0.2, 0) is 0 Å². The van der Waals surface area contributed by atoms with Crippen LogP contribution in [0.25, 0.3) is 10.8 Å². The number of nitrogens with zero attached hydrogens (tertiary/aromatic N) is 2. The number of imide groups is 2. The fraction of sp³-hybridized carbons (Fsp3) is 0.133. The molecule has 0 aliphatic carbocycles. The lowest BCUT2D eigenvalue weighted by molar-refractivity contribution is 0.0527. The summed E-state index contributed by atoms with van der Waals surface area (Å²) in [5, 5.41) is 0.735. The zero-order valence-electron chi connectivity index (χ0n) is 20.4. The van der Waals surface area contributed by atoms with Crippen molar-refractivity contribution in [2.45, 2.75) is 25.9 Å². The molecule has 8 heteroatoms. The molecule has 0 spiro atoms. The van der Waals surface area contributed by atoms with E-state index in [4.69, 9.17) is 0 Å². The molecule has 2 aliphatic rings. The summed E-state index contributed by atoms with van der Waals surface area (Å²) in [6, 6.07) is 20.3. The number of rotatable bonds is 4. The van der Waals surface area contributed by atoms with Gasteiger partial charge in [-0.15, -0.1) is 0 Å².